The fourth-order valence-corrected chi connectivity index (χ4v) is 1.18. The van der Waals surface area contributed by atoms with Crippen molar-refractivity contribution in [3.63, 3.8) is 0 Å². The molecular weight excluding hydrogens is 182 g/mol. The van der Waals surface area contributed by atoms with E-state index in [4.69, 9.17) is 5.73 Å². The Kier molecular flexibility index (Phi) is 5.04. The van der Waals surface area contributed by atoms with E-state index < -0.39 is 0 Å². The lowest BCUT2D eigenvalue weighted by Crippen LogP contribution is -2.04. The molecule has 0 aromatic heterocycles. The SMILES string of the molecule is CC(C)c1ccc(C(C)N)cc1.Cl. The summed E-state index contributed by atoms with van der Waals surface area (Å²) >= 11 is 0. The molecule has 1 rings (SSSR count). The van der Waals surface area contributed by atoms with Crippen LogP contribution in [0, 0.1) is 0 Å². The Hall–Kier alpha value is -0.530. The van der Waals surface area contributed by atoms with Gasteiger partial charge in [0.1, 0.15) is 0 Å². The molecule has 2 N–H and O–H groups in total. The van der Waals surface area contributed by atoms with E-state index in [1.807, 2.05) is 6.92 Å². The zero-order valence-corrected chi connectivity index (χ0v) is 9.27. The van der Waals surface area contributed by atoms with Crippen LogP contribution < -0.4 is 5.73 Å². The highest BCUT2D eigenvalue weighted by Gasteiger charge is 2.00. The van der Waals surface area contributed by atoms with Gasteiger partial charge in [-0.05, 0) is 24.0 Å². The molecule has 0 aliphatic carbocycles. The molecule has 0 spiro atoms. The zero-order valence-electron chi connectivity index (χ0n) is 8.45. The van der Waals surface area contributed by atoms with Crippen molar-refractivity contribution >= 4 is 12.4 Å². The van der Waals surface area contributed by atoms with Crippen LogP contribution in [0.3, 0.4) is 0 Å². The molecule has 0 saturated carbocycles. The summed E-state index contributed by atoms with van der Waals surface area (Å²) in [6, 6.07) is 8.68. The first-order chi connectivity index (χ1) is 5.61. The minimum absolute atomic E-state index is 0. The summed E-state index contributed by atoms with van der Waals surface area (Å²) in [6.45, 7) is 6.39. The van der Waals surface area contributed by atoms with Crippen molar-refractivity contribution in [1.29, 1.82) is 0 Å². The number of benzene rings is 1. The van der Waals surface area contributed by atoms with Crippen LogP contribution in [0.4, 0.5) is 0 Å². The highest BCUT2D eigenvalue weighted by molar-refractivity contribution is 5.85. The molecule has 1 nitrogen and oxygen atoms in total. The van der Waals surface area contributed by atoms with Gasteiger partial charge in [-0.1, -0.05) is 38.1 Å². The molecular formula is C11H18ClN. The normalized spacial score (nSPS) is 12.4. The molecule has 0 aliphatic rings. The minimum atomic E-state index is 0. The first kappa shape index (κ1) is 12.5. The lowest BCUT2D eigenvalue weighted by molar-refractivity contribution is 0.811. The highest BCUT2D eigenvalue weighted by atomic mass is 35.5. The van der Waals surface area contributed by atoms with Crippen molar-refractivity contribution in [3.8, 4) is 0 Å². The van der Waals surface area contributed by atoms with Crippen molar-refractivity contribution in [3.05, 3.63) is 35.4 Å². The van der Waals surface area contributed by atoms with Gasteiger partial charge in [0.2, 0.25) is 0 Å². The van der Waals surface area contributed by atoms with Crippen molar-refractivity contribution in [1.82, 2.24) is 0 Å². The zero-order chi connectivity index (χ0) is 9.14. The van der Waals surface area contributed by atoms with E-state index in [0.717, 1.165) is 0 Å². The molecule has 0 fully saturated rings. The van der Waals surface area contributed by atoms with E-state index in [1.165, 1.54) is 11.1 Å². The molecule has 0 amide bonds. The second kappa shape index (κ2) is 5.25. The van der Waals surface area contributed by atoms with E-state index in [-0.39, 0.29) is 18.4 Å². The molecule has 74 valence electrons. The molecule has 0 radical (unpaired) electrons. The molecule has 0 bridgehead atoms. The predicted molar refractivity (Wildman–Crippen MR) is 60.4 cm³/mol. The number of halogens is 1. The van der Waals surface area contributed by atoms with E-state index in [1.54, 1.807) is 0 Å². The average molecular weight is 200 g/mol. The average Bonchev–Trinajstić information content (AvgIpc) is 2.04. The largest absolute Gasteiger partial charge is 0.324 e. The van der Waals surface area contributed by atoms with Crippen LogP contribution in [0.2, 0.25) is 0 Å². The molecule has 0 aliphatic heterocycles. The summed E-state index contributed by atoms with van der Waals surface area (Å²) in [6.07, 6.45) is 0. The Balaban J connectivity index is 0.00000144. The van der Waals surface area contributed by atoms with Gasteiger partial charge in [-0.25, -0.2) is 0 Å². The maximum Gasteiger partial charge on any atom is 0.0266 e. The van der Waals surface area contributed by atoms with Gasteiger partial charge < -0.3 is 5.73 Å². The first-order valence-electron chi connectivity index (χ1n) is 4.46. The summed E-state index contributed by atoms with van der Waals surface area (Å²) in [5.41, 5.74) is 8.32. The number of nitrogens with two attached hydrogens (primary N) is 1. The van der Waals surface area contributed by atoms with Gasteiger partial charge in [0.15, 0.2) is 0 Å². The monoisotopic (exact) mass is 199 g/mol. The van der Waals surface area contributed by atoms with Crippen molar-refractivity contribution in [2.75, 3.05) is 0 Å². The van der Waals surface area contributed by atoms with Gasteiger partial charge in [0, 0.05) is 6.04 Å². The lowest BCUT2D eigenvalue weighted by atomic mass is 10.00. The highest BCUT2D eigenvalue weighted by Crippen LogP contribution is 2.16. The maximum absolute atomic E-state index is 5.74. The van der Waals surface area contributed by atoms with Crippen LogP contribution in [-0.2, 0) is 0 Å². The molecule has 1 aromatic carbocycles. The molecule has 0 heterocycles. The van der Waals surface area contributed by atoms with Crippen molar-refractivity contribution in [2.45, 2.75) is 32.7 Å². The third-order valence-corrected chi connectivity index (χ3v) is 2.13. The van der Waals surface area contributed by atoms with E-state index in [0.29, 0.717) is 5.92 Å². The second-order valence-electron chi connectivity index (χ2n) is 3.61. The fraction of sp³-hybridized carbons (Fsp3) is 0.455. The van der Waals surface area contributed by atoms with Gasteiger partial charge in [-0.15, -0.1) is 12.4 Å². The van der Waals surface area contributed by atoms with Crippen LogP contribution >= 0.6 is 12.4 Å². The second-order valence-corrected chi connectivity index (χ2v) is 3.61. The van der Waals surface area contributed by atoms with Crippen molar-refractivity contribution < 1.29 is 0 Å². The van der Waals surface area contributed by atoms with Crippen LogP contribution in [0.15, 0.2) is 24.3 Å². The predicted octanol–water partition coefficient (Wildman–Crippen LogP) is 3.25. The van der Waals surface area contributed by atoms with Gasteiger partial charge >= 0.3 is 0 Å². The molecule has 0 saturated heterocycles. The fourth-order valence-electron chi connectivity index (χ4n) is 1.18. The Morgan fingerprint density at radius 2 is 1.31 bits per heavy atom. The maximum atomic E-state index is 5.74. The quantitative estimate of drug-likeness (QED) is 0.778. The van der Waals surface area contributed by atoms with Crippen LogP contribution in [0.25, 0.3) is 0 Å². The summed E-state index contributed by atoms with van der Waals surface area (Å²) in [5.74, 6) is 0.604. The summed E-state index contributed by atoms with van der Waals surface area (Å²) in [5, 5.41) is 0. The van der Waals surface area contributed by atoms with Gasteiger partial charge in [0.25, 0.3) is 0 Å². The standard InChI is InChI=1S/C11H17N.ClH/c1-8(2)10-4-6-11(7-5-10)9(3)12;/h4-9H,12H2,1-3H3;1H. The molecule has 1 unspecified atom stereocenters. The van der Waals surface area contributed by atoms with Crippen LogP contribution in [0.1, 0.15) is 43.9 Å². The number of hydrogen-bond acceptors (Lipinski definition) is 1. The summed E-state index contributed by atoms with van der Waals surface area (Å²) < 4.78 is 0. The molecule has 1 aromatic rings. The van der Waals surface area contributed by atoms with Gasteiger partial charge in [-0.3, -0.25) is 0 Å². The van der Waals surface area contributed by atoms with E-state index in [9.17, 15) is 0 Å². The molecule has 2 heteroatoms. The Labute approximate surface area is 86.7 Å². The Morgan fingerprint density at radius 1 is 0.923 bits per heavy atom. The first-order valence-corrected chi connectivity index (χ1v) is 4.46. The van der Waals surface area contributed by atoms with E-state index in [2.05, 4.69) is 38.1 Å². The minimum Gasteiger partial charge on any atom is -0.324 e. The smallest absolute Gasteiger partial charge is 0.0266 e. The lowest BCUT2D eigenvalue weighted by Gasteiger charge is -2.08. The Bertz CT molecular complexity index is 212. The third-order valence-electron chi connectivity index (χ3n) is 2.13. The number of hydrogen-bond donors (Lipinski definition) is 1. The van der Waals surface area contributed by atoms with Gasteiger partial charge in [-0.2, -0.15) is 0 Å². The van der Waals surface area contributed by atoms with E-state index >= 15 is 0 Å². The topological polar surface area (TPSA) is 26.0 Å². The third kappa shape index (κ3) is 3.37. The summed E-state index contributed by atoms with van der Waals surface area (Å²) in [7, 11) is 0. The van der Waals surface area contributed by atoms with Crippen molar-refractivity contribution in [2.24, 2.45) is 5.73 Å². The van der Waals surface area contributed by atoms with Gasteiger partial charge in [0.05, 0.1) is 0 Å². The molecule has 1 atom stereocenters. The van der Waals surface area contributed by atoms with Crippen LogP contribution in [-0.4, -0.2) is 0 Å². The van der Waals surface area contributed by atoms with Crippen LogP contribution in [0.5, 0.6) is 0 Å². The number of rotatable bonds is 2. The summed E-state index contributed by atoms with van der Waals surface area (Å²) in [4.78, 5) is 0. The Morgan fingerprint density at radius 3 is 1.62 bits per heavy atom. The molecule has 13 heavy (non-hydrogen) atoms.